The lowest BCUT2D eigenvalue weighted by atomic mass is 9.99. The number of piperazine rings is 1. The van der Waals surface area contributed by atoms with Gasteiger partial charge in [-0.3, -0.25) is 4.79 Å². The van der Waals surface area contributed by atoms with E-state index < -0.39 is 17.4 Å². The van der Waals surface area contributed by atoms with Gasteiger partial charge in [0.1, 0.15) is 29.2 Å². The Morgan fingerprint density at radius 3 is 2.52 bits per heavy atom. The van der Waals surface area contributed by atoms with Crippen LogP contribution in [-0.2, 0) is 4.79 Å². The first kappa shape index (κ1) is 21.0. The van der Waals surface area contributed by atoms with Crippen LogP contribution < -0.4 is 4.90 Å². The molecule has 9 heteroatoms. The number of aromatic nitrogens is 2. The van der Waals surface area contributed by atoms with Crippen molar-refractivity contribution >= 4 is 34.2 Å². The molecule has 0 radical (unpaired) electrons. The molecule has 1 amide bonds. The third-order valence-electron chi connectivity index (χ3n) is 5.33. The van der Waals surface area contributed by atoms with Gasteiger partial charge in [0.05, 0.1) is 10.6 Å². The van der Waals surface area contributed by atoms with Crippen LogP contribution in [0, 0.1) is 18.6 Å². The SMILES string of the molecule is C=CC(=O)N1CCN(c2ncnc3c(F)c(-c4c(O)cc(C)cc4F)c(Cl)cc23)CC1. The number of carbonyl (C=O) groups is 1. The number of nitrogens with zero attached hydrogens (tertiary/aromatic N) is 4. The maximum Gasteiger partial charge on any atom is 0.246 e. The summed E-state index contributed by atoms with van der Waals surface area (Å²) in [6.45, 7) is 7.02. The Morgan fingerprint density at radius 2 is 1.87 bits per heavy atom. The summed E-state index contributed by atoms with van der Waals surface area (Å²) in [5, 5.41) is 10.5. The standard InChI is InChI=1S/C22H19ClF2N4O2/c1-3-17(31)28-4-6-29(7-5-28)22-13-10-14(23)18(20(25)21(13)26-11-27-22)19-15(24)8-12(2)9-16(19)30/h3,8-11,30H,1,4-7H2,2H3. The first-order valence-corrected chi connectivity index (χ1v) is 9.98. The van der Waals surface area contributed by atoms with Crippen LogP contribution in [0.2, 0.25) is 5.02 Å². The fraction of sp³-hybridized carbons (Fsp3) is 0.227. The summed E-state index contributed by atoms with van der Waals surface area (Å²) in [4.78, 5) is 23.7. The Labute approximate surface area is 182 Å². The maximum atomic E-state index is 15.5. The molecule has 0 bridgehead atoms. The zero-order valence-corrected chi connectivity index (χ0v) is 17.5. The van der Waals surface area contributed by atoms with Crippen molar-refractivity contribution in [2.75, 3.05) is 31.1 Å². The summed E-state index contributed by atoms with van der Waals surface area (Å²) in [6.07, 6.45) is 2.50. The number of rotatable bonds is 3. The molecule has 1 fully saturated rings. The summed E-state index contributed by atoms with van der Waals surface area (Å²) in [5.74, 6) is -1.71. The highest BCUT2D eigenvalue weighted by molar-refractivity contribution is 6.34. The van der Waals surface area contributed by atoms with Crippen LogP contribution in [0.5, 0.6) is 5.75 Å². The van der Waals surface area contributed by atoms with Gasteiger partial charge in [-0.25, -0.2) is 18.7 Å². The van der Waals surface area contributed by atoms with Crippen molar-refractivity contribution < 1.29 is 18.7 Å². The van der Waals surface area contributed by atoms with E-state index in [0.717, 1.165) is 0 Å². The normalized spacial score (nSPS) is 14.2. The van der Waals surface area contributed by atoms with Crippen LogP contribution in [0.4, 0.5) is 14.6 Å². The zero-order valence-electron chi connectivity index (χ0n) is 16.7. The van der Waals surface area contributed by atoms with Crippen LogP contribution in [0.1, 0.15) is 5.56 Å². The summed E-state index contributed by atoms with van der Waals surface area (Å²) in [6, 6.07) is 4.02. The van der Waals surface area contributed by atoms with Gasteiger partial charge in [0.25, 0.3) is 0 Å². The molecule has 160 valence electrons. The molecule has 31 heavy (non-hydrogen) atoms. The van der Waals surface area contributed by atoms with Crippen molar-refractivity contribution in [3.63, 3.8) is 0 Å². The number of hydrogen-bond acceptors (Lipinski definition) is 5. The molecular formula is C22H19ClF2N4O2. The molecule has 0 unspecified atom stereocenters. The number of benzene rings is 2. The predicted molar refractivity (Wildman–Crippen MR) is 115 cm³/mol. The lowest BCUT2D eigenvalue weighted by molar-refractivity contribution is -0.126. The van der Waals surface area contributed by atoms with Crippen molar-refractivity contribution in [2.24, 2.45) is 0 Å². The number of hydrogen-bond donors (Lipinski definition) is 1. The predicted octanol–water partition coefficient (Wildman–Crippen LogP) is 4.08. The van der Waals surface area contributed by atoms with E-state index in [-0.39, 0.29) is 27.6 Å². The third kappa shape index (κ3) is 3.67. The van der Waals surface area contributed by atoms with Crippen LogP contribution in [0.3, 0.4) is 0 Å². The van der Waals surface area contributed by atoms with E-state index in [2.05, 4.69) is 16.5 Å². The van der Waals surface area contributed by atoms with Gasteiger partial charge in [-0.15, -0.1) is 0 Å². The molecule has 3 aromatic rings. The minimum absolute atomic E-state index is 0.0339. The number of anilines is 1. The first-order chi connectivity index (χ1) is 14.8. The summed E-state index contributed by atoms with van der Waals surface area (Å²) >= 11 is 6.37. The van der Waals surface area contributed by atoms with E-state index in [1.165, 1.54) is 30.6 Å². The van der Waals surface area contributed by atoms with Crippen molar-refractivity contribution in [1.82, 2.24) is 14.9 Å². The number of aromatic hydroxyl groups is 1. The van der Waals surface area contributed by atoms with Crippen LogP contribution >= 0.6 is 11.6 Å². The van der Waals surface area contributed by atoms with E-state index in [9.17, 15) is 14.3 Å². The number of halogens is 3. The minimum Gasteiger partial charge on any atom is -0.507 e. The van der Waals surface area contributed by atoms with Gasteiger partial charge in [-0.2, -0.15) is 0 Å². The molecule has 1 aromatic heterocycles. The molecule has 0 aliphatic carbocycles. The van der Waals surface area contributed by atoms with Gasteiger partial charge in [0.15, 0.2) is 5.82 Å². The smallest absolute Gasteiger partial charge is 0.246 e. The summed E-state index contributed by atoms with van der Waals surface area (Å²) < 4.78 is 30.1. The van der Waals surface area contributed by atoms with Crippen molar-refractivity contribution in [3.8, 4) is 16.9 Å². The largest absolute Gasteiger partial charge is 0.507 e. The van der Waals surface area contributed by atoms with Crippen LogP contribution in [0.25, 0.3) is 22.0 Å². The van der Waals surface area contributed by atoms with Gasteiger partial charge >= 0.3 is 0 Å². The molecule has 6 nitrogen and oxygen atoms in total. The second kappa shape index (κ2) is 8.11. The number of phenolic OH excluding ortho intramolecular Hbond substituents is 1. The second-order valence-corrected chi connectivity index (χ2v) is 7.71. The molecule has 1 saturated heterocycles. The highest BCUT2D eigenvalue weighted by Crippen LogP contribution is 2.42. The van der Waals surface area contributed by atoms with E-state index >= 15 is 4.39 Å². The number of fused-ring (bicyclic) bond motifs is 1. The van der Waals surface area contributed by atoms with E-state index in [0.29, 0.717) is 42.9 Å². The maximum absolute atomic E-state index is 15.5. The Morgan fingerprint density at radius 1 is 1.16 bits per heavy atom. The van der Waals surface area contributed by atoms with Crippen molar-refractivity contribution in [1.29, 1.82) is 0 Å². The van der Waals surface area contributed by atoms with Gasteiger partial charge < -0.3 is 14.9 Å². The van der Waals surface area contributed by atoms with E-state index in [4.69, 9.17) is 11.6 Å². The van der Waals surface area contributed by atoms with E-state index in [1.54, 1.807) is 11.8 Å². The minimum atomic E-state index is -0.843. The van der Waals surface area contributed by atoms with Gasteiger partial charge in [-0.1, -0.05) is 18.2 Å². The fourth-order valence-electron chi connectivity index (χ4n) is 3.84. The molecule has 2 aromatic carbocycles. The molecular weight excluding hydrogens is 426 g/mol. The Balaban J connectivity index is 1.80. The number of aryl methyl sites for hydroxylation is 1. The Kier molecular flexibility index (Phi) is 5.49. The van der Waals surface area contributed by atoms with Gasteiger partial charge in [0, 0.05) is 37.1 Å². The van der Waals surface area contributed by atoms with Gasteiger partial charge in [0.2, 0.25) is 5.91 Å². The molecule has 0 spiro atoms. The van der Waals surface area contributed by atoms with Crippen LogP contribution in [-0.4, -0.2) is 52.1 Å². The topological polar surface area (TPSA) is 69.6 Å². The van der Waals surface area contributed by atoms with Crippen molar-refractivity contribution in [2.45, 2.75) is 6.92 Å². The molecule has 4 rings (SSSR count). The number of phenols is 1. The summed E-state index contributed by atoms with van der Waals surface area (Å²) in [5.41, 5.74) is -0.106. The monoisotopic (exact) mass is 444 g/mol. The Bertz CT molecular complexity index is 1190. The molecule has 1 N–H and O–H groups in total. The molecule has 0 atom stereocenters. The summed E-state index contributed by atoms with van der Waals surface area (Å²) in [7, 11) is 0. The Hall–Kier alpha value is -3.26. The zero-order chi connectivity index (χ0) is 22.3. The van der Waals surface area contributed by atoms with E-state index in [1.807, 2.05) is 4.90 Å². The lowest BCUT2D eigenvalue weighted by Gasteiger charge is -2.35. The second-order valence-electron chi connectivity index (χ2n) is 7.30. The fourth-order valence-corrected chi connectivity index (χ4v) is 4.12. The molecule has 0 saturated carbocycles. The molecule has 2 heterocycles. The van der Waals surface area contributed by atoms with Crippen molar-refractivity contribution in [3.05, 3.63) is 59.4 Å². The highest BCUT2D eigenvalue weighted by atomic mass is 35.5. The third-order valence-corrected chi connectivity index (χ3v) is 5.63. The van der Waals surface area contributed by atoms with Crippen LogP contribution in [0.15, 0.2) is 37.2 Å². The average Bonchev–Trinajstić information content (AvgIpc) is 2.74. The average molecular weight is 445 g/mol. The lowest BCUT2D eigenvalue weighted by Crippen LogP contribution is -2.48. The van der Waals surface area contributed by atoms with Gasteiger partial charge in [-0.05, 0) is 36.8 Å². The first-order valence-electron chi connectivity index (χ1n) is 9.60. The highest BCUT2D eigenvalue weighted by Gasteiger charge is 2.26. The number of amides is 1. The number of carbonyl (C=O) groups excluding carboxylic acids is 1. The quantitative estimate of drug-likeness (QED) is 0.616. The molecule has 1 aliphatic heterocycles. The molecule has 1 aliphatic rings.